The van der Waals surface area contributed by atoms with Gasteiger partial charge in [-0.05, 0) is 64.7 Å². The Hall–Kier alpha value is -1.59. The van der Waals surface area contributed by atoms with Crippen molar-refractivity contribution in [2.45, 2.75) is 52.7 Å². The smallest absolute Gasteiger partial charge is 0.462 e. The van der Waals surface area contributed by atoms with Gasteiger partial charge in [0.25, 0.3) is 0 Å². The summed E-state index contributed by atoms with van der Waals surface area (Å²) in [7, 11) is -0.357. The van der Waals surface area contributed by atoms with E-state index in [1.54, 1.807) is 19.1 Å². The van der Waals surface area contributed by atoms with Crippen LogP contribution < -0.4 is 0 Å². The van der Waals surface area contributed by atoms with E-state index in [0.717, 1.165) is 11.0 Å². The summed E-state index contributed by atoms with van der Waals surface area (Å²) in [5.41, 5.74) is 1.84. The second-order valence-electron chi connectivity index (χ2n) is 6.82. The quantitative estimate of drug-likeness (QED) is 0.624. The Bertz CT molecular complexity index is 586. The lowest BCUT2D eigenvalue weighted by Gasteiger charge is -2.32. The van der Waals surface area contributed by atoms with Crippen molar-refractivity contribution in [1.82, 2.24) is 0 Å². The summed E-state index contributed by atoms with van der Waals surface area (Å²) in [4.78, 5) is 11.7. The highest BCUT2D eigenvalue weighted by molar-refractivity contribution is 6.55. The molecule has 0 spiro atoms. The van der Waals surface area contributed by atoms with E-state index >= 15 is 0 Å². The van der Waals surface area contributed by atoms with Gasteiger partial charge in [0.2, 0.25) is 0 Å². The van der Waals surface area contributed by atoms with Gasteiger partial charge in [0.05, 0.1) is 23.4 Å². The molecule has 0 aromatic heterocycles. The van der Waals surface area contributed by atoms with E-state index < -0.39 is 0 Å². The SMILES string of the molecule is CCOC(=O)c1ccc(/C=C(\C)B2OC(C)(C)C(C)(C)O2)cc1. The predicted molar refractivity (Wildman–Crippen MR) is 92.1 cm³/mol. The van der Waals surface area contributed by atoms with Crippen LogP contribution in [0.25, 0.3) is 6.08 Å². The van der Waals surface area contributed by atoms with E-state index in [1.807, 2.05) is 52.8 Å². The number of hydrogen-bond donors (Lipinski definition) is 0. The number of hydrogen-bond acceptors (Lipinski definition) is 4. The van der Waals surface area contributed by atoms with E-state index in [9.17, 15) is 4.79 Å². The Kier molecular flexibility index (Phi) is 5.02. The maximum atomic E-state index is 11.7. The van der Waals surface area contributed by atoms with Crippen LogP contribution in [0.5, 0.6) is 0 Å². The third-order valence-electron chi connectivity index (χ3n) is 4.44. The fraction of sp³-hybridized carbons (Fsp3) is 0.500. The van der Waals surface area contributed by atoms with Gasteiger partial charge >= 0.3 is 13.1 Å². The van der Waals surface area contributed by atoms with Gasteiger partial charge in [-0.15, -0.1) is 0 Å². The van der Waals surface area contributed by atoms with Gasteiger partial charge in [0, 0.05) is 0 Å². The fourth-order valence-corrected chi connectivity index (χ4v) is 2.29. The van der Waals surface area contributed by atoms with Gasteiger partial charge in [-0.2, -0.15) is 0 Å². The van der Waals surface area contributed by atoms with E-state index in [1.165, 1.54) is 0 Å². The Morgan fingerprint density at radius 2 is 1.65 bits per heavy atom. The molecule has 4 nitrogen and oxygen atoms in total. The first kappa shape index (κ1) is 17.8. The zero-order valence-corrected chi connectivity index (χ0v) is 14.8. The third kappa shape index (κ3) is 3.85. The summed E-state index contributed by atoms with van der Waals surface area (Å²) in [6, 6.07) is 7.31. The summed E-state index contributed by atoms with van der Waals surface area (Å²) < 4.78 is 17.0. The van der Waals surface area contributed by atoms with Crippen molar-refractivity contribution < 1.29 is 18.8 Å². The van der Waals surface area contributed by atoms with Crippen molar-refractivity contribution >= 4 is 19.2 Å². The molecule has 0 saturated carbocycles. The van der Waals surface area contributed by atoms with Gasteiger partial charge in [-0.25, -0.2) is 4.79 Å². The van der Waals surface area contributed by atoms with E-state index in [4.69, 9.17) is 14.0 Å². The molecule has 0 radical (unpaired) electrons. The number of carbonyl (C=O) groups excluding carboxylic acids is 1. The van der Waals surface area contributed by atoms with Gasteiger partial charge in [-0.1, -0.05) is 18.2 Å². The zero-order chi connectivity index (χ0) is 17.3. The first-order valence-corrected chi connectivity index (χ1v) is 7.97. The Morgan fingerprint density at radius 3 is 2.13 bits per heavy atom. The Balaban J connectivity index is 2.11. The van der Waals surface area contributed by atoms with E-state index in [-0.39, 0.29) is 24.3 Å². The standard InChI is InChI=1S/C18H25BO4/c1-7-21-16(20)15-10-8-14(9-11-15)12-13(2)19-22-17(3,4)18(5,6)23-19/h8-12H,7H2,1-6H3/b13-12+. The van der Waals surface area contributed by atoms with Crippen LogP contribution in [0.3, 0.4) is 0 Å². The lowest BCUT2D eigenvalue weighted by Crippen LogP contribution is -2.41. The van der Waals surface area contributed by atoms with Crippen molar-refractivity contribution in [3.63, 3.8) is 0 Å². The third-order valence-corrected chi connectivity index (χ3v) is 4.44. The lowest BCUT2D eigenvalue weighted by molar-refractivity contribution is 0.00578. The molecular formula is C18H25BO4. The molecule has 0 amide bonds. The maximum Gasteiger partial charge on any atom is 0.490 e. The molecular weight excluding hydrogens is 291 g/mol. The molecule has 1 aromatic carbocycles. The van der Waals surface area contributed by atoms with Crippen LogP contribution in [0.4, 0.5) is 0 Å². The number of ether oxygens (including phenoxy) is 1. The van der Waals surface area contributed by atoms with Crippen LogP contribution in [0.1, 0.15) is 57.5 Å². The molecule has 1 fully saturated rings. The molecule has 1 aliphatic rings. The van der Waals surface area contributed by atoms with Gasteiger partial charge in [0.1, 0.15) is 0 Å². The van der Waals surface area contributed by atoms with Crippen LogP contribution in [-0.4, -0.2) is 30.9 Å². The highest BCUT2D eigenvalue weighted by atomic mass is 16.7. The van der Waals surface area contributed by atoms with Crippen molar-refractivity contribution in [2.75, 3.05) is 6.61 Å². The first-order chi connectivity index (χ1) is 10.7. The average molecular weight is 316 g/mol. The molecule has 0 atom stereocenters. The van der Waals surface area contributed by atoms with Gasteiger partial charge in [0.15, 0.2) is 0 Å². The number of allylic oxidation sites excluding steroid dienone is 1. The molecule has 1 aromatic rings. The highest BCUT2D eigenvalue weighted by Gasteiger charge is 2.51. The summed E-state index contributed by atoms with van der Waals surface area (Å²) in [6.07, 6.45) is 2.01. The minimum absolute atomic E-state index is 0.300. The Labute approximate surface area is 139 Å². The van der Waals surface area contributed by atoms with Crippen molar-refractivity contribution in [2.24, 2.45) is 0 Å². The highest BCUT2D eigenvalue weighted by Crippen LogP contribution is 2.38. The summed E-state index contributed by atoms with van der Waals surface area (Å²) in [6.45, 7) is 12.3. The zero-order valence-electron chi connectivity index (χ0n) is 14.8. The van der Waals surface area contributed by atoms with Crippen molar-refractivity contribution in [1.29, 1.82) is 0 Å². The minimum Gasteiger partial charge on any atom is -0.462 e. The number of esters is 1. The largest absolute Gasteiger partial charge is 0.490 e. The molecule has 1 aliphatic heterocycles. The average Bonchev–Trinajstić information content (AvgIpc) is 2.68. The van der Waals surface area contributed by atoms with Gasteiger partial charge < -0.3 is 14.0 Å². The number of carbonyl (C=O) groups is 1. The molecule has 0 unspecified atom stereocenters. The molecule has 1 saturated heterocycles. The lowest BCUT2D eigenvalue weighted by atomic mass is 9.78. The van der Waals surface area contributed by atoms with Crippen LogP contribution in [0, 0.1) is 0 Å². The van der Waals surface area contributed by atoms with E-state index in [0.29, 0.717) is 12.2 Å². The Morgan fingerprint density at radius 1 is 1.13 bits per heavy atom. The predicted octanol–water partition coefficient (Wildman–Crippen LogP) is 3.90. The van der Waals surface area contributed by atoms with Crippen LogP contribution in [-0.2, 0) is 14.0 Å². The molecule has 124 valence electrons. The molecule has 0 N–H and O–H groups in total. The molecule has 23 heavy (non-hydrogen) atoms. The fourth-order valence-electron chi connectivity index (χ4n) is 2.29. The molecule has 5 heteroatoms. The van der Waals surface area contributed by atoms with Crippen molar-refractivity contribution in [3.05, 3.63) is 40.9 Å². The summed E-state index contributed by atoms with van der Waals surface area (Å²) in [5.74, 6) is -0.300. The van der Waals surface area contributed by atoms with Crippen LogP contribution in [0.2, 0.25) is 0 Å². The molecule has 0 aliphatic carbocycles. The topological polar surface area (TPSA) is 44.8 Å². The monoisotopic (exact) mass is 316 g/mol. The van der Waals surface area contributed by atoms with Gasteiger partial charge in [-0.3, -0.25) is 0 Å². The summed E-state index contributed by atoms with van der Waals surface area (Å²) in [5, 5.41) is 0. The number of benzene rings is 1. The maximum absolute atomic E-state index is 11.7. The molecule has 2 rings (SSSR count). The van der Waals surface area contributed by atoms with Crippen LogP contribution >= 0.6 is 0 Å². The second kappa shape index (κ2) is 6.50. The minimum atomic E-state index is -0.357. The normalized spacial score (nSPS) is 19.7. The molecule has 1 heterocycles. The first-order valence-electron chi connectivity index (χ1n) is 7.97. The second-order valence-corrected chi connectivity index (χ2v) is 6.82. The summed E-state index contributed by atoms with van der Waals surface area (Å²) >= 11 is 0. The van der Waals surface area contributed by atoms with Crippen molar-refractivity contribution in [3.8, 4) is 0 Å². The molecule has 0 bridgehead atoms. The van der Waals surface area contributed by atoms with Crippen LogP contribution in [0.15, 0.2) is 29.7 Å². The van der Waals surface area contributed by atoms with E-state index in [2.05, 4.69) is 0 Å². The number of rotatable bonds is 4.